The molecule has 0 unspecified atom stereocenters. The molecule has 0 saturated heterocycles. The van der Waals surface area contributed by atoms with E-state index in [0.29, 0.717) is 22.8 Å². The number of ether oxygens (including phenoxy) is 3. The number of hydrogen-bond donors (Lipinski definition) is 1. The summed E-state index contributed by atoms with van der Waals surface area (Å²) in [6, 6.07) is 11.3. The van der Waals surface area contributed by atoms with E-state index >= 15 is 0 Å². The van der Waals surface area contributed by atoms with E-state index in [9.17, 15) is 8.42 Å². The van der Waals surface area contributed by atoms with Crippen LogP contribution < -0.4 is 19.0 Å². The van der Waals surface area contributed by atoms with Gasteiger partial charge in [0.05, 0.1) is 31.4 Å². The molecular weight excluding hydrogens is 356 g/mol. The van der Waals surface area contributed by atoms with Gasteiger partial charge in [0, 0.05) is 0 Å². The molecule has 2 aromatic carbocycles. The largest absolute Gasteiger partial charge is 0.493 e. The van der Waals surface area contributed by atoms with Crippen LogP contribution in [0.15, 0.2) is 52.5 Å². The molecule has 7 nitrogen and oxygen atoms in total. The van der Waals surface area contributed by atoms with Gasteiger partial charge >= 0.3 is 0 Å². The summed E-state index contributed by atoms with van der Waals surface area (Å²) < 4.78 is 40.4. The third-order valence-corrected chi connectivity index (χ3v) is 4.54. The highest BCUT2D eigenvalue weighted by molar-refractivity contribution is 7.89. The minimum absolute atomic E-state index is 0.0154. The number of hydrogen-bond acceptors (Lipinski definition) is 6. The third kappa shape index (κ3) is 5.13. The average molecular weight is 378 g/mol. The van der Waals surface area contributed by atoms with Gasteiger partial charge in [-0.3, -0.25) is 0 Å². The topological polar surface area (TPSA) is 86.2 Å². The predicted octanol–water partition coefficient (Wildman–Crippen LogP) is 2.80. The zero-order valence-electron chi connectivity index (χ0n) is 15.1. The van der Waals surface area contributed by atoms with Crippen molar-refractivity contribution in [3.63, 3.8) is 0 Å². The highest BCUT2D eigenvalue weighted by Gasteiger charge is 2.13. The van der Waals surface area contributed by atoms with E-state index in [0.717, 1.165) is 0 Å². The second-order valence-electron chi connectivity index (χ2n) is 5.61. The van der Waals surface area contributed by atoms with Gasteiger partial charge in [-0.2, -0.15) is 13.5 Å². The molecule has 0 aliphatic heterocycles. The smallest absolute Gasteiger partial charge is 0.276 e. The van der Waals surface area contributed by atoms with E-state index < -0.39 is 10.0 Å². The van der Waals surface area contributed by atoms with Crippen LogP contribution in [-0.4, -0.2) is 35.0 Å². The molecule has 0 spiro atoms. The van der Waals surface area contributed by atoms with Gasteiger partial charge in [0.25, 0.3) is 10.0 Å². The molecule has 0 radical (unpaired) electrons. The Morgan fingerprint density at radius 3 is 2.23 bits per heavy atom. The summed E-state index contributed by atoms with van der Waals surface area (Å²) in [7, 11) is -0.703. The highest BCUT2D eigenvalue weighted by atomic mass is 32.2. The number of rotatable bonds is 8. The molecule has 0 aromatic heterocycles. The van der Waals surface area contributed by atoms with Crippen LogP contribution in [-0.2, 0) is 10.0 Å². The molecule has 0 aliphatic carbocycles. The monoisotopic (exact) mass is 378 g/mol. The molecule has 0 heterocycles. The maximum atomic E-state index is 12.3. The minimum Gasteiger partial charge on any atom is -0.493 e. The lowest BCUT2D eigenvalue weighted by molar-refractivity contribution is 0.242. The lowest BCUT2D eigenvalue weighted by atomic mass is 10.2. The van der Waals surface area contributed by atoms with Gasteiger partial charge in [-0.15, -0.1) is 0 Å². The summed E-state index contributed by atoms with van der Waals surface area (Å²) in [5, 5.41) is 3.80. The van der Waals surface area contributed by atoms with Crippen LogP contribution in [0.1, 0.15) is 19.4 Å². The fraction of sp³-hybridized carbons (Fsp3) is 0.278. The standard InChI is InChI=1S/C18H22N2O5S/c1-13(2)25-15-6-8-16(9-7-15)26(21,22)20-19-12-14-5-10-17(23-3)18(11-14)24-4/h5-13,20H,1-4H3/b19-12+. The van der Waals surface area contributed by atoms with Crippen LogP contribution in [0.25, 0.3) is 0 Å². The van der Waals surface area contributed by atoms with Crippen LogP contribution in [0.5, 0.6) is 17.2 Å². The second-order valence-corrected chi connectivity index (χ2v) is 7.27. The quantitative estimate of drug-likeness (QED) is 0.564. The van der Waals surface area contributed by atoms with Crippen LogP contribution >= 0.6 is 0 Å². The van der Waals surface area contributed by atoms with Crippen LogP contribution in [0.4, 0.5) is 0 Å². The molecule has 0 saturated carbocycles. The van der Waals surface area contributed by atoms with E-state index in [1.54, 1.807) is 30.3 Å². The summed E-state index contributed by atoms with van der Waals surface area (Å²) in [5.41, 5.74) is 0.658. The number of sulfonamides is 1. The Bertz CT molecular complexity index is 862. The fourth-order valence-corrected chi connectivity index (χ4v) is 2.92. The molecule has 2 rings (SSSR count). The van der Waals surface area contributed by atoms with Crippen LogP contribution in [0.2, 0.25) is 0 Å². The number of nitrogens with zero attached hydrogens (tertiary/aromatic N) is 1. The maximum Gasteiger partial charge on any atom is 0.276 e. The number of hydrazone groups is 1. The first kappa shape index (κ1) is 19.6. The highest BCUT2D eigenvalue weighted by Crippen LogP contribution is 2.26. The van der Waals surface area contributed by atoms with Crippen molar-refractivity contribution in [1.29, 1.82) is 0 Å². The molecule has 140 valence electrons. The summed E-state index contributed by atoms with van der Waals surface area (Å²) in [6.45, 7) is 3.80. The summed E-state index contributed by atoms with van der Waals surface area (Å²) in [4.78, 5) is 2.27. The number of methoxy groups -OCH3 is 2. The van der Waals surface area contributed by atoms with E-state index in [4.69, 9.17) is 14.2 Å². The van der Waals surface area contributed by atoms with Crippen molar-refractivity contribution in [3.05, 3.63) is 48.0 Å². The Balaban J connectivity index is 2.08. The van der Waals surface area contributed by atoms with Crippen molar-refractivity contribution in [2.75, 3.05) is 14.2 Å². The molecule has 0 fully saturated rings. The first-order valence-electron chi connectivity index (χ1n) is 7.89. The summed E-state index contributed by atoms with van der Waals surface area (Å²) in [5.74, 6) is 1.71. The van der Waals surface area contributed by atoms with E-state index in [-0.39, 0.29) is 11.0 Å². The van der Waals surface area contributed by atoms with Crippen molar-refractivity contribution < 1.29 is 22.6 Å². The van der Waals surface area contributed by atoms with Gasteiger partial charge < -0.3 is 14.2 Å². The maximum absolute atomic E-state index is 12.3. The lowest BCUT2D eigenvalue weighted by Crippen LogP contribution is -2.18. The van der Waals surface area contributed by atoms with Crippen molar-refractivity contribution in [2.45, 2.75) is 24.8 Å². The van der Waals surface area contributed by atoms with E-state index in [1.807, 2.05) is 13.8 Å². The molecule has 0 aliphatic rings. The Kier molecular flexibility index (Phi) is 6.46. The van der Waals surface area contributed by atoms with Gasteiger partial charge in [0.2, 0.25) is 0 Å². The van der Waals surface area contributed by atoms with Gasteiger partial charge in [0.15, 0.2) is 11.5 Å². The molecule has 26 heavy (non-hydrogen) atoms. The van der Waals surface area contributed by atoms with Crippen molar-refractivity contribution >= 4 is 16.2 Å². The molecule has 2 aromatic rings. The van der Waals surface area contributed by atoms with Gasteiger partial charge in [-0.25, -0.2) is 4.83 Å². The van der Waals surface area contributed by atoms with Gasteiger partial charge in [-0.05, 0) is 61.9 Å². The first-order chi connectivity index (χ1) is 12.4. The SMILES string of the molecule is COc1ccc(/C=N/NS(=O)(=O)c2ccc(OC(C)C)cc2)cc1OC. The van der Waals surface area contributed by atoms with Crippen molar-refractivity contribution in [2.24, 2.45) is 5.10 Å². The molecule has 0 amide bonds. The van der Waals surface area contributed by atoms with Crippen LogP contribution in [0.3, 0.4) is 0 Å². The van der Waals surface area contributed by atoms with E-state index in [1.165, 1.54) is 32.6 Å². The Morgan fingerprint density at radius 1 is 1.00 bits per heavy atom. The average Bonchev–Trinajstić information content (AvgIpc) is 2.61. The first-order valence-corrected chi connectivity index (χ1v) is 9.37. The zero-order chi connectivity index (χ0) is 19.2. The summed E-state index contributed by atoms with van der Waals surface area (Å²) in [6.07, 6.45) is 1.40. The van der Waals surface area contributed by atoms with Crippen LogP contribution in [0, 0.1) is 0 Å². The molecule has 1 N–H and O–H groups in total. The Hall–Kier alpha value is -2.74. The molecule has 0 atom stereocenters. The number of benzene rings is 2. The minimum atomic E-state index is -3.76. The Morgan fingerprint density at radius 2 is 1.65 bits per heavy atom. The Labute approximate surface area is 153 Å². The van der Waals surface area contributed by atoms with Crippen molar-refractivity contribution in [3.8, 4) is 17.2 Å². The number of nitrogens with one attached hydrogen (secondary N) is 1. The fourth-order valence-electron chi connectivity index (χ4n) is 2.13. The normalized spacial score (nSPS) is 11.6. The van der Waals surface area contributed by atoms with Crippen molar-refractivity contribution in [1.82, 2.24) is 4.83 Å². The molecule has 0 bridgehead atoms. The lowest BCUT2D eigenvalue weighted by Gasteiger charge is -2.10. The third-order valence-electron chi connectivity index (χ3n) is 3.30. The van der Waals surface area contributed by atoms with E-state index in [2.05, 4.69) is 9.93 Å². The van der Waals surface area contributed by atoms with Gasteiger partial charge in [0.1, 0.15) is 5.75 Å². The predicted molar refractivity (Wildman–Crippen MR) is 99.7 cm³/mol. The molecule has 8 heteroatoms. The zero-order valence-corrected chi connectivity index (χ0v) is 15.9. The second kappa shape index (κ2) is 8.57. The molecular formula is C18H22N2O5S. The van der Waals surface area contributed by atoms with Gasteiger partial charge in [-0.1, -0.05) is 0 Å². The summed E-state index contributed by atoms with van der Waals surface area (Å²) >= 11 is 0.